The van der Waals surface area contributed by atoms with Crippen LogP contribution in [-0.2, 0) is 12.1 Å². The molecule has 2 aromatic rings. The summed E-state index contributed by atoms with van der Waals surface area (Å²) in [7, 11) is 0. The van der Waals surface area contributed by atoms with Crippen molar-refractivity contribution >= 4 is 16.3 Å². The summed E-state index contributed by atoms with van der Waals surface area (Å²) in [5.41, 5.74) is -1.14. The maximum atomic E-state index is 12.2. The van der Waals surface area contributed by atoms with Crippen LogP contribution in [0.25, 0.3) is 4.96 Å². The number of fused-ring (bicyclic) bond motifs is 1. The molecule has 0 radical (unpaired) electrons. The third-order valence-corrected chi connectivity index (χ3v) is 2.63. The Hall–Kier alpha value is -1.23. The van der Waals surface area contributed by atoms with Crippen LogP contribution in [0.1, 0.15) is 10.7 Å². The van der Waals surface area contributed by atoms with Gasteiger partial charge in [-0.3, -0.25) is 0 Å². The zero-order chi connectivity index (χ0) is 12.1. The average molecular weight is 255 g/mol. The first-order valence-electron chi connectivity index (χ1n) is 3.79. The van der Waals surface area contributed by atoms with Crippen LogP contribution in [0, 0.1) is 0 Å². The van der Waals surface area contributed by atoms with Crippen molar-refractivity contribution in [2.24, 2.45) is 0 Å². The van der Waals surface area contributed by atoms with E-state index in [4.69, 9.17) is 15.3 Å². The van der Waals surface area contributed by atoms with Crippen LogP contribution in [0.3, 0.4) is 0 Å². The molecule has 3 N–H and O–H groups in total. The van der Waals surface area contributed by atoms with Crippen LogP contribution < -0.4 is 0 Å². The van der Waals surface area contributed by atoms with Gasteiger partial charge in [-0.1, -0.05) is 11.3 Å². The van der Waals surface area contributed by atoms with Crippen LogP contribution in [0.4, 0.5) is 13.2 Å². The lowest BCUT2D eigenvalue weighted by atomic mass is 10.5. The lowest BCUT2D eigenvalue weighted by Crippen LogP contribution is -2.23. The number of alkyl halides is 3. The first kappa shape index (κ1) is 11.3. The third-order valence-electron chi connectivity index (χ3n) is 1.62. The van der Waals surface area contributed by atoms with Crippen molar-refractivity contribution in [1.82, 2.24) is 14.6 Å². The van der Waals surface area contributed by atoms with Crippen molar-refractivity contribution in [2.75, 3.05) is 0 Å². The summed E-state index contributed by atoms with van der Waals surface area (Å²) in [5, 5.41) is 29.0. The van der Waals surface area contributed by atoms with Crippen LogP contribution in [0.2, 0.25) is 0 Å². The predicted molar refractivity (Wildman–Crippen MR) is 44.2 cm³/mol. The fourth-order valence-corrected chi connectivity index (χ4v) is 1.74. The number of nitrogens with zero attached hydrogens (tertiary/aromatic N) is 3. The Kier molecular flexibility index (Phi) is 2.21. The fraction of sp³-hybridized carbons (Fsp3) is 0.333. The molecule has 0 bridgehead atoms. The molecule has 88 valence electrons. The van der Waals surface area contributed by atoms with Gasteiger partial charge >= 0.3 is 12.1 Å². The van der Waals surface area contributed by atoms with E-state index in [2.05, 4.69) is 10.1 Å². The van der Waals surface area contributed by atoms with Crippen molar-refractivity contribution in [3.8, 4) is 0 Å². The van der Waals surface area contributed by atoms with E-state index in [0.717, 1.165) is 0 Å². The van der Waals surface area contributed by atoms with Crippen molar-refractivity contribution in [3.63, 3.8) is 0 Å². The van der Waals surface area contributed by atoms with Crippen LogP contribution in [0.5, 0.6) is 0 Å². The highest BCUT2D eigenvalue weighted by Crippen LogP contribution is 2.30. The quantitative estimate of drug-likeness (QED) is 0.619. The van der Waals surface area contributed by atoms with Gasteiger partial charge in [-0.25, -0.2) is 9.50 Å². The molecule has 2 rings (SSSR count). The van der Waals surface area contributed by atoms with Gasteiger partial charge in [0.25, 0.3) is 0 Å². The molecule has 2 heterocycles. The molecular formula is C6H4F3N3O3S. The van der Waals surface area contributed by atoms with E-state index in [9.17, 15) is 13.2 Å². The average Bonchev–Trinajstić information content (AvgIpc) is 2.53. The Morgan fingerprint density at radius 1 is 1.25 bits per heavy atom. The Morgan fingerprint density at radius 2 is 1.88 bits per heavy atom. The lowest BCUT2D eigenvalue weighted by Gasteiger charge is -2.07. The van der Waals surface area contributed by atoms with E-state index in [0.29, 0.717) is 22.0 Å². The molecule has 0 aliphatic rings. The van der Waals surface area contributed by atoms with Crippen molar-refractivity contribution < 1.29 is 28.5 Å². The first-order chi connectivity index (χ1) is 7.18. The molecule has 16 heavy (non-hydrogen) atoms. The van der Waals surface area contributed by atoms with Gasteiger partial charge in [-0.15, -0.1) is 0 Å². The Balaban J connectivity index is 2.49. The van der Waals surface area contributed by atoms with Crippen molar-refractivity contribution in [1.29, 1.82) is 0 Å². The molecule has 0 saturated heterocycles. The zero-order valence-electron chi connectivity index (χ0n) is 7.30. The summed E-state index contributed by atoms with van der Waals surface area (Å²) >= 11 is 0.432. The van der Waals surface area contributed by atoms with Gasteiger partial charge in [-0.05, 0) is 0 Å². The SMILES string of the molecule is OC(O)(O)c1nn2cc(C(F)(F)F)nc2s1. The Bertz CT molecular complexity index is 451. The summed E-state index contributed by atoms with van der Waals surface area (Å²) < 4.78 is 37.3. The molecule has 0 amide bonds. The molecule has 0 unspecified atom stereocenters. The highest BCUT2D eigenvalue weighted by atomic mass is 32.1. The van der Waals surface area contributed by atoms with Gasteiger partial charge in [0, 0.05) is 0 Å². The van der Waals surface area contributed by atoms with Gasteiger partial charge in [0.05, 0.1) is 6.20 Å². The van der Waals surface area contributed by atoms with E-state index < -0.39 is 22.9 Å². The highest BCUT2D eigenvalue weighted by Gasteiger charge is 2.35. The number of imidazole rings is 1. The molecule has 0 aliphatic heterocycles. The molecule has 2 aromatic heterocycles. The number of hydrogen-bond donors (Lipinski definition) is 3. The number of halogens is 3. The van der Waals surface area contributed by atoms with Crippen molar-refractivity contribution in [3.05, 3.63) is 16.9 Å². The summed E-state index contributed by atoms with van der Waals surface area (Å²) in [6.45, 7) is 0. The summed E-state index contributed by atoms with van der Waals surface area (Å²) in [4.78, 5) is 2.97. The predicted octanol–water partition coefficient (Wildman–Crippen LogP) is -0.103. The van der Waals surface area contributed by atoms with E-state index in [1.54, 1.807) is 0 Å². The minimum Gasteiger partial charge on any atom is -0.338 e. The molecule has 10 heteroatoms. The summed E-state index contributed by atoms with van der Waals surface area (Å²) in [6, 6.07) is 0. The Morgan fingerprint density at radius 3 is 2.31 bits per heavy atom. The standard InChI is InChI=1S/C6H4F3N3O3S/c7-5(8,9)2-1-12-4(10-2)16-3(11-12)6(13,14)15/h1,13-15H. The normalized spacial score (nSPS) is 13.6. The van der Waals surface area contributed by atoms with Gasteiger partial charge < -0.3 is 15.3 Å². The van der Waals surface area contributed by atoms with Gasteiger partial charge in [0.2, 0.25) is 9.97 Å². The Labute approximate surface area is 89.2 Å². The number of aromatic nitrogens is 3. The second-order valence-electron chi connectivity index (χ2n) is 2.89. The topological polar surface area (TPSA) is 90.9 Å². The van der Waals surface area contributed by atoms with Gasteiger partial charge in [0.1, 0.15) is 0 Å². The van der Waals surface area contributed by atoms with Gasteiger partial charge in [-0.2, -0.15) is 18.3 Å². The first-order valence-corrected chi connectivity index (χ1v) is 4.60. The van der Waals surface area contributed by atoms with Crippen LogP contribution >= 0.6 is 11.3 Å². The summed E-state index contributed by atoms with van der Waals surface area (Å²) in [5.74, 6) is -3.18. The molecule has 6 nitrogen and oxygen atoms in total. The van der Waals surface area contributed by atoms with E-state index in [1.807, 2.05) is 0 Å². The van der Waals surface area contributed by atoms with Gasteiger partial charge in [0.15, 0.2) is 5.69 Å². The maximum absolute atomic E-state index is 12.2. The minimum absolute atomic E-state index is 0.205. The molecule has 0 aromatic carbocycles. The monoisotopic (exact) mass is 255 g/mol. The molecule has 0 fully saturated rings. The number of hydrogen-bond acceptors (Lipinski definition) is 6. The highest BCUT2D eigenvalue weighted by molar-refractivity contribution is 7.16. The largest absolute Gasteiger partial charge is 0.435 e. The van der Waals surface area contributed by atoms with E-state index in [1.165, 1.54) is 0 Å². The fourth-order valence-electron chi connectivity index (χ4n) is 0.972. The maximum Gasteiger partial charge on any atom is 0.435 e. The second kappa shape index (κ2) is 3.13. The summed E-state index contributed by atoms with van der Waals surface area (Å²) in [6.07, 6.45) is -4.01. The lowest BCUT2D eigenvalue weighted by molar-refractivity contribution is -0.324. The smallest absolute Gasteiger partial charge is 0.338 e. The van der Waals surface area contributed by atoms with Crippen molar-refractivity contribution in [2.45, 2.75) is 12.1 Å². The zero-order valence-corrected chi connectivity index (χ0v) is 8.12. The van der Waals surface area contributed by atoms with Crippen LogP contribution in [0.15, 0.2) is 6.20 Å². The molecule has 0 aliphatic carbocycles. The minimum atomic E-state index is -4.59. The molecule has 0 saturated carbocycles. The molecule has 0 spiro atoms. The van der Waals surface area contributed by atoms with Crippen LogP contribution in [-0.4, -0.2) is 29.9 Å². The number of aliphatic hydroxyl groups is 3. The second-order valence-corrected chi connectivity index (χ2v) is 3.85. The molecular weight excluding hydrogens is 251 g/mol. The third kappa shape index (κ3) is 1.87. The number of rotatable bonds is 1. The molecule has 0 atom stereocenters. The van der Waals surface area contributed by atoms with E-state index in [-0.39, 0.29) is 4.96 Å². The van der Waals surface area contributed by atoms with E-state index >= 15 is 0 Å².